The number of halogens is 4. The lowest BCUT2D eigenvalue weighted by Crippen LogP contribution is -2.16. The highest BCUT2D eigenvalue weighted by atomic mass is 32.2. The van der Waals surface area contributed by atoms with Crippen LogP contribution in [0.3, 0.4) is 0 Å². The Hall–Kier alpha value is -1.15. The van der Waals surface area contributed by atoms with Gasteiger partial charge in [-0.05, 0) is 24.6 Å². The molecule has 0 aromatic heterocycles. The van der Waals surface area contributed by atoms with Crippen molar-refractivity contribution in [3.63, 3.8) is 0 Å². The molecule has 0 bridgehead atoms. The molecule has 0 aliphatic rings. The van der Waals surface area contributed by atoms with Gasteiger partial charge in [-0.1, -0.05) is 0 Å². The standard InChI is InChI=1S/C8H7F4NO2S/c1-4-6(8(10,11)12)2-5(3-7(4)9)16(13,14)15/h2-3H,1H3,(H2,13,14,15). The molecule has 0 aliphatic carbocycles. The number of sulfonamides is 1. The maximum atomic E-state index is 13.1. The number of hydrogen-bond acceptors (Lipinski definition) is 2. The second-order valence-corrected chi connectivity index (χ2v) is 4.68. The Morgan fingerprint density at radius 3 is 2.12 bits per heavy atom. The van der Waals surface area contributed by atoms with Gasteiger partial charge in [-0.3, -0.25) is 0 Å². The van der Waals surface area contributed by atoms with Crippen LogP contribution in [0.4, 0.5) is 17.6 Å². The molecule has 0 amide bonds. The van der Waals surface area contributed by atoms with E-state index in [9.17, 15) is 26.0 Å². The Kier molecular flexibility index (Phi) is 2.99. The third kappa shape index (κ3) is 2.50. The van der Waals surface area contributed by atoms with Gasteiger partial charge in [-0.2, -0.15) is 13.2 Å². The highest BCUT2D eigenvalue weighted by Gasteiger charge is 2.34. The van der Waals surface area contributed by atoms with Gasteiger partial charge in [0.2, 0.25) is 10.0 Å². The van der Waals surface area contributed by atoms with Crippen molar-refractivity contribution in [3.05, 3.63) is 29.1 Å². The van der Waals surface area contributed by atoms with Crippen molar-refractivity contribution in [2.24, 2.45) is 5.14 Å². The first kappa shape index (κ1) is 12.9. The largest absolute Gasteiger partial charge is 0.416 e. The van der Waals surface area contributed by atoms with Gasteiger partial charge in [0, 0.05) is 0 Å². The van der Waals surface area contributed by atoms with Crippen LogP contribution in [0.25, 0.3) is 0 Å². The minimum Gasteiger partial charge on any atom is -0.225 e. The van der Waals surface area contributed by atoms with Crippen molar-refractivity contribution in [3.8, 4) is 0 Å². The SMILES string of the molecule is Cc1c(F)cc(S(N)(=O)=O)cc1C(F)(F)F. The van der Waals surface area contributed by atoms with Crippen molar-refractivity contribution in [1.29, 1.82) is 0 Å². The van der Waals surface area contributed by atoms with E-state index in [1.807, 2.05) is 0 Å². The van der Waals surface area contributed by atoms with E-state index in [1.54, 1.807) is 0 Å². The number of benzene rings is 1. The summed E-state index contributed by atoms with van der Waals surface area (Å²) in [4.78, 5) is -0.900. The van der Waals surface area contributed by atoms with E-state index < -0.39 is 38.0 Å². The number of hydrogen-bond donors (Lipinski definition) is 1. The summed E-state index contributed by atoms with van der Waals surface area (Å²) >= 11 is 0. The lowest BCUT2D eigenvalue weighted by molar-refractivity contribution is -0.138. The molecule has 0 heterocycles. The summed E-state index contributed by atoms with van der Waals surface area (Å²) in [5.41, 5.74) is -2.02. The summed E-state index contributed by atoms with van der Waals surface area (Å²) in [6.45, 7) is 0.908. The summed E-state index contributed by atoms with van der Waals surface area (Å²) in [5, 5.41) is 4.63. The van der Waals surface area contributed by atoms with Gasteiger partial charge < -0.3 is 0 Å². The molecule has 0 atom stereocenters. The van der Waals surface area contributed by atoms with Crippen LogP contribution in [0.1, 0.15) is 11.1 Å². The molecule has 90 valence electrons. The number of alkyl halides is 3. The summed E-state index contributed by atoms with van der Waals surface area (Å²) < 4.78 is 71.9. The van der Waals surface area contributed by atoms with Crippen molar-refractivity contribution in [2.75, 3.05) is 0 Å². The minimum atomic E-state index is -4.83. The topological polar surface area (TPSA) is 60.2 Å². The molecule has 8 heteroatoms. The number of nitrogens with two attached hydrogens (primary N) is 1. The average molecular weight is 257 g/mol. The lowest BCUT2D eigenvalue weighted by Gasteiger charge is -2.12. The maximum Gasteiger partial charge on any atom is 0.416 e. The van der Waals surface area contributed by atoms with Crippen LogP contribution >= 0.6 is 0 Å². The fraction of sp³-hybridized carbons (Fsp3) is 0.250. The Balaban J connectivity index is 3.59. The average Bonchev–Trinajstić information content (AvgIpc) is 2.05. The van der Waals surface area contributed by atoms with Crippen molar-refractivity contribution in [2.45, 2.75) is 18.0 Å². The van der Waals surface area contributed by atoms with Gasteiger partial charge in [0.1, 0.15) is 5.82 Å². The van der Waals surface area contributed by atoms with Crippen LogP contribution in [-0.4, -0.2) is 8.42 Å². The summed E-state index contributed by atoms with van der Waals surface area (Å²) in [6.07, 6.45) is -4.83. The van der Waals surface area contributed by atoms with Crippen LogP contribution < -0.4 is 5.14 Å². The van der Waals surface area contributed by atoms with E-state index in [0.717, 1.165) is 6.92 Å². The smallest absolute Gasteiger partial charge is 0.225 e. The molecule has 0 unspecified atom stereocenters. The first-order valence-electron chi connectivity index (χ1n) is 3.93. The molecular formula is C8H7F4NO2S. The molecular weight excluding hydrogens is 250 g/mol. The Bertz CT molecular complexity index is 522. The van der Waals surface area contributed by atoms with Gasteiger partial charge in [-0.25, -0.2) is 17.9 Å². The van der Waals surface area contributed by atoms with Crippen molar-refractivity contribution < 1.29 is 26.0 Å². The van der Waals surface area contributed by atoms with E-state index in [4.69, 9.17) is 0 Å². The third-order valence-corrected chi connectivity index (χ3v) is 2.84. The second-order valence-electron chi connectivity index (χ2n) is 3.12. The predicted octanol–water partition coefficient (Wildman–Crippen LogP) is 1.80. The molecule has 16 heavy (non-hydrogen) atoms. The molecule has 1 aromatic carbocycles. The first-order valence-corrected chi connectivity index (χ1v) is 5.48. The van der Waals surface area contributed by atoms with Gasteiger partial charge in [0.25, 0.3) is 0 Å². The van der Waals surface area contributed by atoms with Gasteiger partial charge in [-0.15, -0.1) is 0 Å². The number of primary sulfonamides is 1. The third-order valence-electron chi connectivity index (χ3n) is 1.95. The molecule has 2 N–H and O–H groups in total. The van der Waals surface area contributed by atoms with Crippen molar-refractivity contribution >= 4 is 10.0 Å². The van der Waals surface area contributed by atoms with Gasteiger partial charge in [0.05, 0.1) is 10.5 Å². The van der Waals surface area contributed by atoms with Crippen LogP contribution in [0.15, 0.2) is 17.0 Å². The molecule has 3 nitrogen and oxygen atoms in total. The summed E-state index contributed by atoms with van der Waals surface area (Å²) in [5.74, 6) is -1.26. The molecule has 0 saturated carbocycles. The summed E-state index contributed by atoms with van der Waals surface area (Å²) in [7, 11) is -4.36. The second kappa shape index (κ2) is 3.70. The Labute approximate surface area is 88.9 Å². The quantitative estimate of drug-likeness (QED) is 0.780. The minimum absolute atomic E-state index is 0.313. The van der Waals surface area contributed by atoms with Crippen LogP contribution in [0.2, 0.25) is 0 Å². The molecule has 0 saturated heterocycles. The van der Waals surface area contributed by atoms with Crippen LogP contribution in [0, 0.1) is 12.7 Å². The van der Waals surface area contributed by atoms with E-state index in [1.165, 1.54) is 0 Å². The summed E-state index contributed by atoms with van der Waals surface area (Å²) in [6, 6.07) is 0.771. The predicted molar refractivity (Wildman–Crippen MR) is 47.5 cm³/mol. The normalized spacial score (nSPS) is 12.9. The molecule has 1 rings (SSSR count). The van der Waals surface area contributed by atoms with E-state index in [-0.39, 0.29) is 0 Å². The lowest BCUT2D eigenvalue weighted by atomic mass is 10.1. The highest BCUT2D eigenvalue weighted by Crippen LogP contribution is 2.34. The van der Waals surface area contributed by atoms with Crippen LogP contribution in [0.5, 0.6) is 0 Å². The monoisotopic (exact) mass is 257 g/mol. The number of rotatable bonds is 1. The molecule has 1 aromatic rings. The van der Waals surface area contributed by atoms with Gasteiger partial charge >= 0.3 is 6.18 Å². The molecule has 0 radical (unpaired) electrons. The molecule has 0 fully saturated rings. The molecule has 0 spiro atoms. The van der Waals surface area contributed by atoms with Crippen LogP contribution in [-0.2, 0) is 16.2 Å². The zero-order valence-corrected chi connectivity index (χ0v) is 8.79. The fourth-order valence-corrected chi connectivity index (χ4v) is 1.66. The zero-order chi connectivity index (χ0) is 12.7. The fourth-order valence-electron chi connectivity index (χ4n) is 1.11. The zero-order valence-electron chi connectivity index (χ0n) is 7.97. The Morgan fingerprint density at radius 1 is 1.25 bits per heavy atom. The maximum absolute atomic E-state index is 13.1. The first-order chi connectivity index (χ1) is 7.03. The highest BCUT2D eigenvalue weighted by molar-refractivity contribution is 7.89. The van der Waals surface area contributed by atoms with Crippen molar-refractivity contribution in [1.82, 2.24) is 0 Å². The van der Waals surface area contributed by atoms with E-state index in [0.29, 0.717) is 12.1 Å². The Morgan fingerprint density at radius 2 is 1.75 bits per heavy atom. The van der Waals surface area contributed by atoms with E-state index in [2.05, 4.69) is 5.14 Å². The van der Waals surface area contributed by atoms with Gasteiger partial charge in [0.15, 0.2) is 0 Å². The van der Waals surface area contributed by atoms with E-state index >= 15 is 0 Å². The molecule has 0 aliphatic heterocycles.